The van der Waals surface area contributed by atoms with E-state index in [1.54, 1.807) is 0 Å². The molecular weight excluding hydrogens is 228 g/mol. The first-order valence-corrected chi connectivity index (χ1v) is 6.24. The van der Waals surface area contributed by atoms with Crippen LogP contribution in [0.25, 0.3) is 11.6 Å². The van der Waals surface area contributed by atoms with E-state index in [0.29, 0.717) is 17.4 Å². The summed E-state index contributed by atoms with van der Waals surface area (Å²) in [5, 5.41) is 4.02. The third-order valence-corrected chi connectivity index (χ3v) is 3.47. The smallest absolute Gasteiger partial charge is 0.276 e. The van der Waals surface area contributed by atoms with E-state index < -0.39 is 5.54 Å². The molecule has 0 aromatic carbocycles. The SMILES string of the molecule is Cc1cccc(-c2nc(C3(N)CCCC3)no2)n1. The maximum absolute atomic E-state index is 6.30. The van der Waals surface area contributed by atoms with Crippen molar-refractivity contribution in [2.45, 2.75) is 38.1 Å². The Labute approximate surface area is 105 Å². The highest BCUT2D eigenvalue weighted by molar-refractivity contribution is 5.46. The number of rotatable bonds is 2. The molecule has 0 unspecified atom stereocenters. The van der Waals surface area contributed by atoms with Gasteiger partial charge < -0.3 is 10.3 Å². The molecule has 0 radical (unpaired) electrons. The lowest BCUT2D eigenvalue weighted by Crippen LogP contribution is -2.34. The number of nitrogens with two attached hydrogens (primary N) is 1. The second kappa shape index (κ2) is 4.17. The number of aromatic nitrogens is 3. The molecule has 0 spiro atoms. The van der Waals surface area contributed by atoms with E-state index >= 15 is 0 Å². The lowest BCUT2D eigenvalue weighted by molar-refractivity contribution is 0.372. The van der Waals surface area contributed by atoms with Crippen LogP contribution in [0.5, 0.6) is 0 Å². The Hall–Kier alpha value is -1.75. The fourth-order valence-electron chi connectivity index (χ4n) is 2.42. The first kappa shape index (κ1) is 11.3. The van der Waals surface area contributed by atoms with Gasteiger partial charge in [0.1, 0.15) is 5.69 Å². The standard InChI is InChI=1S/C13H16N4O/c1-9-5-4-6-10(15-9)11-16-12(17-18-11)13(14)7-2-3-8-13/h4-6H,2-3,7-8,14H2,1H3. The van der Waals surface area contributed by atoms with Crippen molar-refractivity contribution in [3.05, 3.63) is 29.7 Å². The Kier molecular flexibility index (Phi) is 2.63. The monoisotopic (exact) mass is 244 g/mol. The van der Waals surface area contributed by atoms with Gasteiger partial charge in [0.05, 0.1) is 5.54 Å². The van der Waals surface area contributed by atoms with Gasteiger partial charge in [-0.25, -0.2) is 4.98 Å². The van der Waals surface area contributed by atoms with Gasteiger partial charge >= 0.3 is 0 Å². The summed E-state index contributed by atoms with van der Waals surface area (Å²) in [6.45, 7) is 1.93. The van der Waals surface area contributed by atoms with Crippen molar-refractivity contribution in [3.63, 3.8) is 0 Å². The van der Waals surface area contributed by atoms with Crippen molar-refractivity contribution in [3.8, 4) is 11.6 Å². The predicted octanol–water partition coefficient (Wildman–Crippen LogP) is 2.17. The summed E-state index contributed by atoms with van der Waals surface area (Å²) < 4.78 is 5.28. The highest BCUT2D eigenvalue weighted by Crippen LogP contribution is 2.35. The van der Waals surface area contributed by atoms with Crippen LogP contribution in [0.2, 0.25) is 0 Å². The minimum absolute atomic E-state index is 0.411. The molecule has 5 heteroatoms. The van der Waals surface area contributed by atoms with E-state index in [1.165, 1.54) is 0 Å². The fraction of sp³-hybridized carbons (Fsp3) is 0.462. The third-order valence-electron chi connectivity index (χ3n) is 3.47. The van der Waals surface area contributed by atoms with Crippen LogP contribution >= 0.6 is 0 Å². The highest BCUT2D eigenvalue weighted by atomic mass is 16.5. The molecular formula is C13H16N4O. The van der Waals surface area contributed by atoms with Crippen molar-refractivity contribution < 1.29 is 4.52 Å². The first-order chi connectivity index (χ1) is 8.67. The average Bonchev–Trinajstić information content (AvgIpc) is 2.98. The minimum Gasteiger partial charge on any atom is -0.332 e. The quantitative estimate of drug-likeness (QED) is 0.875. The summed E-state index contributed by atoms with van der Waals surface area (Å²) in [7, 11) is 0. The van der Waals surface area contributed by atoms with Crippen molar-refractivity contribution in [1.29, 1.82) is 0 Å². The Balaban J connectivity index is 1.94. The zero-order valence-corrected chi connectivity index (χ0v) is 10.4. The van der Waals surface area contributed by atoms with Crippen molar-refractivity contribution >= 4 is 0 Å². The van der Waals surface area contributed by atoms with E-state index in [9.17, 15) is 0 Å². The Morgan fingerprint density at radius 2 is 2.00 bits per heavy atom. The molecule has 0 amide bonds. The summed E-state index contributed by atoms with van der Waals surface area (Å²) in [6.07, 6.45) is 4.10. The molecule has 0 bridgehead atoms. The van der Waals surface area contributed by atoms with Gasteiger partial charge in [0.25, 0.3) is 5.89 Å². The maximum Gasteiger partial charge on any atom is 0.276 e. The molecule has 0 saturated heterocycles. The van der Waals surface area contributed by atoms with Gasteiger partial charge in [-0.15, -0.1) is 0 Å². The van der Waals surface area contributed by atoms with Crippen LogP contribution < -0.4 is 5.73 Å². The van der Waals surface area contributed by atoms with E-state index in [2.05, 4.69) is 15.1 Å². The van der Waals surface area contributed by atoms with Crippen LogP contribution in [0.1, 0.15) is 37.2 Å². The van der Waals surface area contributed by atoms with Gasteiger partial charge in [-0.2, -0.15) is 4.98 Å². The summed E-state index contributed by atoms with van der Waals surface area (Å²) in [5.74, 6) is 1.06. The maximum atomic E-state index is 6.30. The van der Waals surface area contributed by atoms with Crippen LogP contribution in [0, 0.1) is 6.92 Å². The molecule has 5 nitrogen and oxygen atoms in total. The van der Waals surface area contributed by atoms with Crippen LogP contribution in [0.4, 0.5) is 0 Å². The van der Waals surface area contributed by atoms with Crippen molar-refractivity contribution in [2.75, 3.05) is 0 Å². The summed E-state index contributed by atoms with van der Waals surface area (Å²) in [4.78, 5) is 8.78. The fourth-order valence-corrected chi connectivity index (χ4v) is 2.42. The second-order valence-electron chi connectivity index (χ2n) is 4.95. The molecule has 94 valence electrons. The summed E-state index contributed by atoms with van der Waals surface area (Å²) >= 11 is 0. The normalized spacial score (nSPS) is 18.1. The van der Waals surface area contributed by atoms with E-state index in [1.807, 2.05) is 25.1 Å². The molecule has 0 atom stereocenters. The second-order valence-corrected chi connectivity index (χ2v) is 4.95. The summed E-state index contributed by atoms with van der Waals surface area (Å²) in [5.41, 5.74) is 7.52. The lowest BCUT2D eigenvalue weighted by atomic mass is 9.99. The van der Waals surface area contributed by atoms with Gasteiger partial charge in [0, 0.05) is 5.69 Å². The molecule has 1 fully saturated rings. The van der Waals surface area contributed by atoms with Gasteiger partial charge in [0.2, 0.25) is 0 Å². The molecule has 2 heterocycles. The molecule has 1 aliphatic carbocycles. The average molecular weight is 244 g/mol. The van der Waals surface area contributed by atoms with E-state index in [-0.39, 0.29) is 0 Å². The number of hydrogen-bond acceptors (Lipinski definition) is 5. The van der Waals surface area contributed by atoms with Crippen molar-refractivity contribution in [1.82, 2.24) is 15.1 Å². The first-order valence-electron chi connectivity index (χ1n) is 6.24. The molecule has 2 aromatic rings. The highest BCUT2D eigenvalue weighted by Gasteiger charge is 2.36. The number of pyridine rings is 1. The van der Waals surface area contributed by atoms with E-state index in [0.717, 1.165) is 31.4 Å². The molecule has 2 N–H and O–H groups in total. The number of aryl methyl sites for hydroxylation is 1. The topological polar surface area (TPSA) is 77.8 Å². The molecule has 2 aromatic heterocycles. The minimum atomic E-state index is -0.411. The summed E-state index contributed by atoms with van der Waals surface area (Å²) in [6, 6.07) is 5.72. The number of nitrogens with zero attached hydrogens (tertiary/aromatic N) is 3. The Morgan fingerprint density at radius 3 is 2.72 bits per heavy atom. The van der Waals surface area contributed by atoms with Crippen molar-refractivity contribution in [2.24, 2.45) is 5.73 Å². The zero-order valence-electron chi connectivity index (χ0n) is 10.4. The van der Waals surface area contributed by atoms with Crippen LogP contribution in [0.3, 0.4) is 0 Å². The Bertz CT molecular complexity index is 558. The van der Waals surface area contributed by atoms with Crippen LogP contribution in [0.15, 0.2) is 22.7 Å². The Morgan fingerprint density at radius 1 is 1.22 bits per heavy atom. The third kappa shape index (κ3) is 1.90. The largest absolute Gasteiger partial charge is 0.332 e. The van der Waals surface area contributed by atoms with Crippen LogP contribution in [-0.4, -0.2) is 15.1 Å². The molecule has 18 heavy (non-hydrogen) atoms. The van der Waals surface area contributed by atoms with Gasteiger partial charge in [-0.05, 0) is 31.9 Å². The molecule has 3 rings (SSSR count). The van der Waals surface area contributed by atoms with Gasteiger partial charge in [-0.1, -0.05) is 24.1 Å². The zero-order chi connectivity index (χ0) is 12.6. The molecule has 1 aliphatic rings. The van der Waals surface area contributed by atoms with Gasteiger partial charge in [-0.3, -0.25) is 0 Å². The van der Waals surface area contributed by atoms with Crippen LogP contribution in [-0.2, 0) is 5.54 Å². The predicted molar refractivity (Wildman–Crippen MR) is 66.6 cm³/mol. The van der Waals surface area contributed by atoms with E-state index in [4.69, 9.17) is 10.3 Å². The molecule has 1 saturated carbocycles. The lowest BCUT2D eigenvalue weighted by Gasteiger charge is -2.17. The molecule has 0 aliphatic heterocycles. The van der Waals surface area contributed by atoms with Gasteiger partial charge in [0.15, 0.2) is 5.82 Å². The number of hydrogen-bond donors (Lipinski definition) is 1.